The van der Waals surface area contributed by atoms with Crippen LogP contribution in [0.5, 0.6) is 0 Å². The lowest BCUT2D eigenvalue weighted by Gasteiger charge is -2.23. The second-order valence-electron chi connectivity index (χ2n) is 6.61. The molecule has 0 spiro atoms. The standard InChI is InChI=1S/C20H19N5O3/c26-20(17-6-1-2-9-22-17)24-12-4-11-23(13-14-24)18-8-7-16-15(5-3-10-21-16)19(18)25(27)28/h1-3,5-10H,4,11-14H2. The Morgan fingerprint density at radius 3 is 2.61 bits per heavy atom. The lowest BCUT2D eigenvalue weighted by Crippen LogP contribution is -2.35. The zero-order valence-corrected chi connectivity index (χ0v) is 15.2. The molecule has 3 aromatic rings. The second kappa shape index (κ2) is 7.59. The number of nitrogens with zero attached hydrogens (tertiary/aromatic N) is 5. The van der Waals surface area contributed by atoms with Crippen molar-refractivity contribution in [2.45, 2.75) is 6.42 Å². The van der Waals surface area contributed by atoms with Gasteiger partial charge in [-0.1, -0.05) is 6.07 Å². The summed E-state index contributed by atoms with van der Waals surface area (Å²) < 4.78 is 0. The Bertz CT molecular complexity index is 1020. The summed E-state index contributed by atoms with van der Waals surface area (Å²) in [4.78, 5) is 36.2. The van der Waals surface area contributed by atoms with Crippen molar-refractivity contribution < 1.29 is 9.72 Å². The number of hydrogen-bond donors (Lipinski definition) is 0. The first-order valence-electron chi connectivity index (χ1n) is 9.12. The van der Waals surface area contributed by atoms with Crippen molar-refractivity contribution in [3.05, 3.63) is 70.7 Å². The van der Waals surface area contributed by atoms with Crippen molar-refractivity contribution >= 4 is 28.2 Å². The van der Waals surface area contributed by atoms with Crippen molar-refractivity contribution in [3.63, 3.8) is 0 Å². The number of pyridine rings is 2. The first-order chi connectivity index (χ1) is 13.6. The van der Waals surface area contributed by atoms with Gasteiger partial charge in [-0.15, -0.1) is 0 Å². The molecular weight excluding hydrogens is 358 g/mol. The van der Waals surface area contributed by atoms with Crippen LogP contribution in [-0.2, 0) is 0 Å². The maximum Gasteiger partial charge on any atom is 0.301 e. The molecule has 1 fully saturated rings. The largest absolute Gasteiger partial charge is 0.364 e. The maximum atomic E-state index is 12.7. The van der Waals surface area contributed by atoms with Crippen molar-refractivity contribution in [3.8, 4) is 0 Å². The molecule has 0 atom stereocenters. The average Bonchev–Trinajstić information content (AvgIpc) is 2.99. The molecule has 8 nitrogen and oxygen atoms in total. The number of nitro benzene ring substituents is 1. The Morgan fingerprint density at radius 2 is 1.82 bits per heavy atom. The van der Waals surface area contributed by atoms with E-state index in [0.29, 0.717) is 48.5 Å². The van der Waals surface area contributed by atoms with Gasteiger partial charge in [-0.25, -0.2) is 0 Å². The number of nitro groups is 1. The molecule has 0 unspecified atom stereocenters. The second-order valence-corrected chi connectivity index (χ2v) is 6.61. The molecule has 1 saturated heterocycles. The van der Waals surface area contributed by atoms with Crippen LogP contribution in [0.15, 0.2) is 54.9 Å². The van der Waals surface area contributed by atoms with E-state index in [2.05, 4.69) is 9.97 Å². The zero-order valence-electron chi connectivity index (χ0n) is 15.2. The fraction of sp³-hybridized carbons (Fsp3) is 0.250. The predicted molar refractivity (Wildman–Crippen MR) is 105 cm³/mol. The topological polar surface area (TPSA) is 92.5 Å². The molecule has 28 heavy (non-hydrogen) atoms. The van der Waals surface area contributed by atoms with E-state index in [0.717, 1.165) is 6.42 Å². The summed E-state index contributed by atoms with van der Waals surface area (Å²) in [7, 11) is 0. The van der Waals surface area contributed by atoms with Crippen LogP contribution in [-0.4, -0.2) is 51.9 Å². The number of rotatable bonds is 3. The Kier molecular flexibility index (Phi) is 4.84. The van der Waals surface area contributed by atoms with Crippen LogP contribution < -0.4 is 4.90 Å². The first kappa shape index (κ1) is 17.8. The Morgan fingerprint density at radius 1 is 0.964 bits per heavy atom. The van der Waals surface area contributed by atoms with Gasteiger partial charge in [0.2, 0.25) is 0 Å². The van der Waals surface area contributed by atoms with Gasteiger partial charge in [-0.2, -0.15) is 0 Å². The summed E-state index contributed by atoms with van der Waals surface area (Å²) in [6, 6.07) is 12.2. The van der Waals surface area contributed by atoms with E-state index in [1.165, 1.54) is 0 Å². The predicted octanol–water partition coefficient (Wildman–Crippen LogP) is 2.89. The summed E-state index contributed by atoms with van der Waals surface area (Å²) in [6.07, 6.45) is 3.95. The maximum absolute atomic E-state index is 12.7. The minimum absolute atomic E-state index is 0.0649. The number of benzene rings is 1. The Hall–Kier alpha value is -3.55. The number of carbonyl (C=O) groups is 1. The highest BCUT2D eigenvalue weighted by Crippen LogP contribution is 2.35. The summed E-state index contributed by atoms with van der Waals surface area (Å²) >= 11 is 0. The smallest absolute Gasteiger partial charge is 0.301 e. The van der Waals surface area contributed by atoms with Crippen LogP contribution in [0.2, 0.25) is 0 Å². The molecule has 142 valence electrons. The molecule has 1 aliphatic heterocycles. The Balaban J connectivity index is 1.60. The third-order valence-electron chi connectivity index (χ3n) is 4.93. The molecule has 4 rings (SSSR count). The van der Waals surface area contributed by atoms with E-state index in [9.17, 15) is 14.9 Å². The summed E-state index contributed by atoms with van der Waals surface area (Å²) in [5.74, 6) is -0.111. The number of carbonyl (C=O) groups excluding carboxylic acids is 1. The lowest BCUT2D eigenvalue weighted by molar-refractivity contribution is -0.382. The van der Waals surface area contributed by atoms with Gasteiger partial charge in [0, 0.05) is 38.6 Å². The first-order valence-corrected chi connectivity index (χ1v) is 9.12. The van der Waals surface area contributed by atoms with Crippen LogP contribution in [0.1, 0.15) is 16.9 Å². The molecule has 0 radical (unpaired) electrons. The van der Waals surface area contributed by atoms with Gasteiger partial charge in [0.25, 0.3) is 5.91 Å². The van der Waals surface area contributed by atoms with Crippen LogP contribution in [0.25, 0.3) is 10.9 Å². The lowest BCUT2D eigenvalue weighted by atomic mass is 10.1. The Labute approximate surface area is 161 Å². The molecule has 0 bridgehead atoms. The summed E-state index contributed by atoms with van der Waals surface area (Å²) in [5, 5.41) is 12.3. The van der Waals surface area contributed by atoms with E-state index in [1.807, 2.05) is 4.90 Å². The van der Waals surface area contributed by atoms with E-state index < -0.39 is 0 Å². The third-order valence-corrected chi connectivity index (χ3v) is 4.93. The molecule has 0 N–H and O–H groups in total. The van der Waals surface area contributed by atoms with Gasteiger partial charge in [-0.05, 0) is 42.8 Å². The highest BCUT2D eigenvalue weighted by molar-refractivity contribution is 5.95. The highest BCUT2D eigenvalue weighted by Gasteiger charge is 2.26. The van der Waals surface area contributed by atoms with Crippen molar-refractivity contribution in [1.29, 1.82) is 0 Å². The zero-order chi connectivity index (χ0) is 19.5. The van der Waals surface area contributed by atoms with E-state index in [-0.39, 0.29) is 16.5 Å². The molecule has 0 saturated carbocycles. The molecular formula is C20H19N5O3. The third kappa shape index (κ3) is 3.36. The quantitative estimate of drug-likeness (QED) is 0.515. The number of aromatic nitrogens is 2. The van der Waals surface area contributed by atoms with Crippen molar-refractivity contribution in [1.82, 2.24) is 14.9 Å². The average molecular weight is 377 g/mol. The number of hydrogen-bond acceptors (Lipinski definition) is 6. The number of anilines is 1. The molecule has 8 heteroatoms. The molecule has 0 aliphatic carbocycles. The monoisotopic (exact) mass is 377 g/mol. The fourth-order valence-corrected chi connectivity index (χ4v) is 3.59. The molecule has 1 amide bonds. The van der Waals surface area contributed by atoms with Crippen molar-refractivity contribution in [2.24, 2.45) is 0 Å². The van der Waals surface area contributed by atoms with Gasteiger partial charge in [0.15, 0.2) is 0 Å². The normalized spacial score (nSPS) is 14.7. The highest BCUT2D eigenvalue weighted by atomic mass is 16.6. The fourth-order valence-electron chi connectivity index (χ4n) is 3.59. The van der Waals surface area contributed by atoms with Gasteiger partial charge in [0.1, 0.15) is 11.4 Å². The van der Waals surface area contributed by atoms with E-state index >= 15 is 0 Å². The van der Waals surface area contributed by atoms with Gasteiger partial charge in [0.05, 0.1) is 15.8 Å². The molecule has 3 heterocycles. The molecule has 1 aromatic carbocycles. The van der Waals surface area contributed by atoms with Gasteiger partial charge in [-0.3, -0.25) is 24.9 Å². The minimum Gasteiger partial charge on any atom is -0.364 e. The van der Waals surface area contributed by atoms with Crippen LogP contribution in [0.3, 0.4) is 0 Å². The number of amides is 1. The number of fused-ring (bicyclic) bond motifs is 1. The SMILES string of the molecule is O=C(c1ccccn1)N1CCCN(c2ccc3ncccc3c2[N+](=O)[O-])CC1. The van der Waals surface area contributed by atoms with Gasteiger partial charge < -0.3 is 9.80 Å². The van der Waals surface area contributed by atoms with Gasteiger partial charge >= 0.3 is 5.69 Å². The molecule has 2 aromatic heterocycles. The minimum atomic E-state index is -0.346. The van der Waals surface area contributed by atoms with Crippen LogP contribution in [0, 0.1) is 10.1 Å². The summed E-state index contributed by atoms with van der Waals surface area (Å²) in [5.41, 5.74) is 1.64. The molecule has 1 aliphatic rings. The van der Waals surface area contributed by atoms with Crippen LogP contribution >= 0.6 is 0 Å². The van der Waals surface area contributed by atoms with E-state index in [4.69, 9.17) is 0 Å². The van der Waals surface area contributed by atoms with Crippen molar-refractivity contribution in [2.75, 3.05) is 31.1 Å². The van der Waals surface area contributed by atoms with E-state index in [1.54, 1.807) is 59.8 Å². The van der Waals surface area contributed by atoms with Crippen LogP contribution in [0.4, 0.5) is 11.4 Å². The summed E-state index contributed by atoms with van der Waals surface area (Å²) in [6.45, 7) is 2.23.